The number of hydrogen-bond acceptors (Lipinski definition) is 2. The third kappa shape index (κ3) is 3.76. The van der Waals surface area contributed by atoms with Crippen LogP contribution in [0.3, 0.4) is 0 Å². The van der Waals surface area contributed by atoms with Crippen LogP contribution in [0.4, 0.5) is 0 Å². The summed E-state index contributed by atoms with van der Waals surface area (Å²) in [6, 6.07) is 15.6. The number of unbranched alkanes of at least 4 members (excludes halogenated alkanes) is 1. The highest BCUT2D eigenvalue weighted by molar-refractivity contribution is 9.10. The Morgan fingerprint density at radius 1 is 1.08 bits per heavy atom. The first-order chi connectivity index (χ1) is 12.1. The van der Waals surface area contributed by atoms with Crippen molar-refractivity contribution in [2.75, 3.05) is 6.54 Å². The third-order valence-electron chi connectivity index (χ3n) is 4.31. The van der Waals surface area contributed by atoms with E-state index in [0.29, 0.717) is 5.56 Å². The fourth-order valence-electron chi connectivity index (χ4n) is 2.93. The second kappa shape index (κ2) is 7.83. The zero-order valence-corrected chi connectivity index (χ0v) is 16.2. The molecule has 5 heteroatoms. The van der Waals surface area contributed by atoms with Gasteiger partial charge in [0.15, 0.2) is 5.78 Å². The normalized spacial score (nSPS) is 12.0. The van der Waals surface area contributed by atoms with Gasteiger partial charge in [0.25, 0.3) is 0 Å². The monoisotopic (exact) mass is 399 g/mol. The summed E-state index contributed by atoms with van der Waals surface area (Å²) in [4.78, 5) is 17.5. The number of hydrogen-bond donors (Lipinski definition) is 0. The van der Waals surface area contributed by atoms with Gasteiger partial charge < -0.3 is 9.13 Å². The lowest BCUT2D eigenvalue weighted by atomic mass is 10.1. The Balaban J connectivity index is 2.04. The summed E-state index contributed by atoms with van der Waals surface area (Å²) in [7, 11) is 2.01. The second-order valence-electron chi connectivity index (χ2n) is 6.10. The van der Waals surface area contributed by atoms with Gasteiger partial charge in [0.2, 0.25) is 5.62 Å². The molecule has 2 aromatic carbocycles. The van der Waals surface area contributed by atoms with Crippen molar-refractivity contribution in [3.8, 4) is 0 Å². The number of ketones is 1. The Bertz CT molecular complexity index is 951. The summed E-state index contributed by atoms with van der Waals surface area (Å²) < 4.78 is 5.06. The van der Waals surface area contributed by atoms with Crippen LogP contribution in [0.1, 0.15) is 30.1 Å². The molecule has 0 spiro atoms. The fraction of sp³-hybridized carbons (Fsp3) is 0.300. The van der Waals surface area contributed by atoms with Crippen LogP contribution in [0.15, 0.2) is 58.0 Å². The predicted octanol–water partition coefficient (Wildman–Crippen LogP) is 4.33. The number of aromatic nitrogens is 2. The van der Waals surface area contributed by atoms with E-state index in [9.17, 15) is 4.79 Å². The molecule has 0 aliphatic heterocycles. The highest BCUT2D eigenvalue weighted by atomic mass is 79.9. The molecule has 0 N–H and O–H groups in total. The minimum Gasteiger partial charge on any atom is -0.313 e. The first-order valence-corrected chi connectivity index (χ1v) is 9.34. The number of carbonyl (C=O) groups is 1. The van der Waals surface area contributed by atoms with Crippen LogP contribution < -0.4 is 5.62 Å². The minimum absolute atomic E-state index is 0.0841. The molecular weight excluding hydrogens is 378 g/mol. The van der Waals surface area contributed by atoms with Crippen molar-refractivity contribution in [1.29, 1.82) is 0 Å². The molecule has 25 heavy (non-hydrogen) atoms. The smallest absolute Gasteiger partial charge is 0.206 e. The number of aryl methyl sites for hydroxylation is 1. The van der Waals surface area contributed by atoms with E-state index >= 15 is 0 Å². The summed E-state index contributed by atoms with van der Waals surface area (Å²) in [6.07, 6.45) is 2.15. The zero-order chi connectivity index (χ0) is 17.8. The van der Waals surface area contributed by atoms with Crippen LogP contribution in [0, 0.1) is 0 Å². The number of fused-ring (bicyclic) bond motifs is 1. The molecule has 0 aliphatic carbocycles. The summed E-state index contributed by atoms with van der Waals surface area (Å²) in [5, 5.41) is 0. The quantitative estimate of drug-likeness (QED) is 0.449. The maximum Gasteiger partial charge on any atom is 0.206 e. The lowest BCUT2D eigenvalue weighted by Gasteiger charge is -2.05. The van der Waals surface area contributed by atoms with Crippen molar-refractivity contribution in [2.24, 2.45) is 12.0 Å². The summed E-state index contributed by atoms with van der Waals surface area (Å²) in [5.74, 6) is 0.0841. The van der Waals surface area contributed by atoms with Gasteiger partial charge in [-0.05, 0) is 30.7 Å². The third-order valence-corrected chi connectivity index (χ3v) is 4.84. The van der Waals surface area contributed by atoms with Crippen molar-refractivity contribution in [3.63, 3.8) is 0 Å². The molecular formula is C20H22BrN3O. The molecule has 0 atom stereocenters. The lowest BCUT2D eigenvalue weighted by molar-refractivity contribution is 0.0971. The van der Waals surface area contributed by atoms with Crippen LogP contribution in [-0.4, -0.2) is 21.5 Å². The van der Waals surface area contributed by atoms with E-state index in [2.05, 4.69) is 33.5 Å². The first kappa shape index (κ1) is 17.7. The predicted molar refractivity (Wildman–Crippen MR) is 105 cm³/mol. The molecule has 0 saturated heterocycles. The zero-order valence-electron chi connectivity index (χ0n) is 14.6. The van der Waals surface area contributed by atoms with Crippen LogP contribution in [0.5, 0.6) is 0 Å². The van der Waals surface area contributed by atoms with Crippen LogP contribution in [-0.2, 0) is 13.6 Å². The molecule has 0 unspecified atom stereocenters. The van der Waals surface area contributed by atoms with Gasteiger partial charge in [-0.2, -0.15) is 0 Å². The van der Waals surface area contributed by atoms with E-state index in [1.807, 2.05) is 54.1 Å². The lowest BCUT2D eigenvalue weighted by Crippen LogP contribution is -2.27. The Morgan fingerprint density at radius 3 is 2.44 bits per heavy atom. The Hall–Kier alpha value is -2.14. The van der Waals surface area contributed by atoms with Crippen molar-refractivity contribution < 1.29 is 4.79 Å². The van der Waals surface area contributed by atoms with E-state index in [-0.39, 0.29) is 12.3 Å². The number of carbonyl (C=O) groups excluding carboxylic acids is 1. The first-order valence-electron chi connectivity index (χ1n) is 8.55. The van der Waals surface area contributed by atoms with Gasteiger partial charge in [-0.15, -0.1) is 0 Å². The number of nitrogens with zero attached hydrogens (tertiary/aromatic N) is 3. The summed E-state index contributed by atoms with van der Waals surface area (Å²) in [6.45, 7) is 3.21. The van der Waals surface area contributed by atoms with E-state index in [1.54, 1.807) is 0 Å². The number of benzene rings is 2. The number of halogens is 1. The summed E-state index contributed by atoms with van der Waals surface area (Å²) in [5.41, 5.74) is 3.68. The van der Waals surface area contributed by atoms with Gasteiger partial charge in [-0.25, -0.2) is 0 Å². The van der Waals surface area contributed by atoms with Gasteiger partial charge in [-0.1, -0.05) is 53.5 Å². The maximum absolute atomic E-state index is 12.8. The minimum atomic E-state index is 0.0841. The van der Waals surface area contributed by atoms with Gasteiger partial charge in [-0.3, -0.25) is 9.79 Å². The molecule has 0 amide bonds. The SMILES string of the molecule is CCCCN=c1n(C)c2ccccc2n1CC(=O)c1ccc(Br)cc1. The van der Waals surface area contributed by atoms with Gasteiger partial charge in [0.1, 0.15) is 0 Å². The van der Waals surface area contributed by atoms with Crippen LogP contribution in [0.2, 0.25) is 0 Å². The molecule has 1 aromatic heterocycles. The highest BCUT2D eigenvalue weighted by Gasteiger charge is 2.13. The molecule has 1 heterocycles. The van der Waals surface area contributed by atoms with Gasteiger partial charge in [0, 0.05) is 23.6 Å². The van der Waals surface area contributed by atoms with Crippen LogP contribution >= 0.6 is 15.9 Å². The van der Waals surface area contributed by atoms with E-state index in [0.717, 1.165) is 40.5 Å². The standard InChI is InChI=1S/C20H22BrN3O/c1-3-4-13-22-20-23(2)17-7-5-6-8-18(17)24(20)14-19(25)15-9-11-16(21)12-10-15/h5-12H,3-4,13-14H2,1-2H3. The number of para-hydroxylation sites is 2. The van der Waals surface area contributed by atoms with E-state index < -0.39 is 0 Å². The number of rotatable bonds is 6. The Labute approximate surface area is 155 Å². The van der Waals surface area contributed by atoms with Gasteiger partial charge >= 0.3 is 0 Å². The molecule has 0 radical (unpaired) electrons. The molecule has 0 saturated carbocycles. The molecule has 4 nitrogen and oxygen atoms in total. The highest BCUT2D eigenvalue weighted by Crippen LogP contribution is 2.14. The average Bonchev–Trinajstić information content (AvgIpc) is 2.88. The maximum atomic E-state index is 12.8. The van der Waals surface area contributed by atoms with Crippen molar-refractivity contribution in [1.82, 2.24) is 9.13 Å². The van der Waals surface area contributed by atoms with Crippen molar-refractivity contribution in [2.45, 2.75) is 26.3 Å². The van der Waals surface area contributed by atoms with Crippen molar-refractivity contribution in [3.05, 3.63) is 64.2 Å². The largest absolute Gasteiger partial charge is 0.313 e. The molecule has 0 fully saturated rings. The fourth-order valence-corrected chi connectivity index (χ4v) is 3.19. The molecule has 3 rings (SSSR count). The van der Waals surface area contributed by atoms with Crippen molar-refractivity contribution >= 4 is 32.7 Å². The molecule has 0 bridgehead atoms. The van der Waals surface area contributed by atoms with Crippen LogP contribution in [0.25, 0.3) is 11.0 Å². The Morgan fingerprint density at radius 2 is 1.76 bits per heavy atom. The number of imidazole rings is 1. The Kier molecular flexibility index (Phi) is 5.53. The molecule has 3 aromatic rings. The topological polar surface area (TPSA) is 39.3 Å². The van der Waals surface area contributed by atoms with E-state index in [4.69, 9.17) is 4.99 Å². The van der Waals surface area contributed by atoms with E-state index in [1.165, 1.54) is 0 Å². The second-order valence-corrected chi connectivity index (χ2v) is 7.01. The molecule has 130 valence electrons. The average molecular weight is 400 g/mol. The number of Topliss-reactive ketones (excluding diaryl/α,β-unsaturated/α-hetero) is 1. The van der Waals surface area contributed by atoms with Gasteiger partial charge in [0.05, 0.1) is 17.6 Å². The summed E-state index contributed by atoms with van der Waals surface area (Å²) >= 11 is 3.41. The molecule has 0 aliphatic rings.